The van der Waals surface area contributed by atoms with Gasteiger partial charge < -0.3 is 24.4 Å². The Bertz CT molecular complexity index is 832. The fourth-order valence-corrected chi connectivity index (χ4v) is 3.29. The highest BCUT2D eigenvalue weighted by molar-refractivity contribution is 5.97. The average Bonchev–Trinajstić information content (AvgIpc) is 2.78. The summed E-state index contributed by atoms with van der Waals surface area (Å²) >= 11 is 0. The maximum absolute atomic E-state index is 12.5. The number of amides is 2. The minimum atomic E-state index is -0.332. The van der Waals surface area contributed by atoms with E-state index in [1.54, 1.807) is 42.3 Å². The van der Waals surface area contributed by atoms with Crippen molar-refractivity contribution in [3.8, 4) is 17.2 Å². The van der Waals surface area contributed by atoms with Gasteiger partial charge in [0.2, 0.25) is 0 Å². The summed E-state index contributed by atoms with van der Waals surface area (Å²) in [6.07, 6.45) is 1.29. The monoisotopic (exact) mass is 398 g/mol. The number of hydrogen-bond donors (Lipinski definition) is 1. The number of carbonyl (C=O) groups excluding carboxylic acids is 2. The zero-order valence-corrected chi connectivity index (χ0v) is 16.7. The second kappa shape index (κ2) is 9.82. The van der Waals surface area contributed by atoms with Crippen LogP contribution >= 0.6 is 0 Å². The van der Waals surface area contributed by atoms with E-state index in [1.807, 2.05) is 18.2 Å². The van der Waals surface area contributed by atoms with Crippen LogP contribution in [-0.2, 0) is 0 Å². The van der Waals surface area contributed by atoms with Crippen molar-refractivity contribution in [3.63, 3.8) is 0 Å². The summed E-state index contributed by atoms with van der Waals surface area (Å²) in [6, 6.07) is 14.2. The van der Waals surface area contributed by atoms with E-state index in [1.165, 1.54) is 7.11 Å². The molecule has 2 aromatic rings. The Kier molecular flexibility index (Phi) is 6.94. The Morgan fingerprint density at radius 3 is 2.38 bits per heavy atom. The van der Waals surface area contributed by atoms with Gasteiger partial charge in [-0.05, 0) is 43.0 Å². The van der Waals surface area contributed by atoms with Gasteiger partial charge in [0, 0.05) is 25.7 Å². The van der Waals surface area contributed by atoms with Gasteiger partial charge in [-0.15, -0.1) is 0 Å². The number of rotatable bonds is 6. The standard InChI is InChI=1S/C22H26N2O5/c1-27-18-8-9-19(20(14-18)28-2)21(25)23-15-16-10-12-24(13-11-16)22(26)29-17-6-4-3-5-7-17/h3-9,14,16H,10-13,15H2,1-2H3,(H,23,25). The van der Waals surface area contributed by atoms with Crippen molar-refractivity contribution in [2.45, 2.75) is 12.8 Å². The topological polar surface area (TPSA) is 77.1 Å². The third-order valence-corrected chi connectivity index (χ3v) is 5.03. The molecule has 7 heteroatoms. The normalized spacial score (nSPS) is 14.2. The predicted octanol–water partition coefficient (Wildman–Crippen LogP) is 3.34. The van der Waals surface area contributed by atoms with Crippen molar-refractivity contribution in [1.29, 1.82) is 0 Å². The summed E-state index contributed by atoms with van der Waals surface area (Å²) in [5.74, 6) is 1.77. The van der Waals surface area contributed by atoms with Crippen LogP contribution < -0.4 is 19.5 Å². The van der Waals surface area contributed by atoms with E-state index in [9.17, 15) is 9.59 Å². The zero-order valence-electron chi connectivity index (χ0n) is 16.7. The van der Waals surface area contributed by atoms with E-state index in [0.717, 1.165) is 12.8 Å². The summed E-state index contributed by atoms with van der Waals surface area (Å²) in [4.78, 5) is 26.5. The Hall–Kier alpha value is -3.22. The molecule has 1 heterocycles. The van der Waals surface area contributed by atoms with Crippen LogP contribution in [0.15, 0.2) is 48.5 Å². The van der Waals surface area contributed by atoms with Gasteiger partial charge in [0.25, 0.3) is 5.91 Å². The van der Waals surface area contributed by atoms with E-state index in [2.05, 4.69) is 5.32 Å². The van der Waals surface area contributed by atoms with Crippen LogP contribution in [0.1, 0.15) is 23.2 Å². The number of nitrogens with one attached hydrogen (secondary N) is 1. The average molecular weight is 398 g/mol. The maximum atomic E-state index is 12.5. The Labute approximate surface area is 170 Å². The quantitative estimate of drug-likeness (QED) is 0.808. The third kappa shape index (κ3) is 5.40. The second-order valence-electron chi connectivity index (χ2n) is 6.89. The SMILES string of the molecule is COc1ccc(C(=O)NCC2CCN(C(=O)Oc3ccccc3)CC2)c(OC)c1. The highest BCUT2D eigenvalue weighted by atomic mass is 16.6. The summed E-state index contributed by atoms with van der Waals surface area (Å²) in [5.41, 5.74) is 0.470. The minimum Gasteiger partial charge on any atom is -0.497 e. The molecular formula is C22H26N2O5. The molecule has 1 fully saturated rings. The molecule has 0 saturated carbocycles. The molecule has 1 aliphatic heterocycles. The minimum absolute atomic E-state index is 0.185. The second-order valence-corrected chi connectivity index (χ2v) is 6.89. The largest absolute Gasteiger partial charge is 0.497 e. The number of piperidine rings is 1. The van der Waals surface area contributed by atoms with Crippen molar-refractivity contribution in [3.05, 3.63) is 54.1 Å². The van der Waals surface area contributed by atoms with Crippen molar-refractivity contribution in [1.82, 2.24) is 10.2 Å². The number of likely N-dealkylation sites (tertiary alicyclic amines) is 1. The molecule has 1 saturated heterocycles. The van der Waals surface area contributed by atoms with Gasteiger partial charge in [-0.3, -0.25) is 4.79 Å². The number of hydrogen-bond acceptors (Lipinski definition) is 5. The lowest BCUT2D eigenvalue weighted by Crippen LogP contribution is -2.42. The molecule has 3 rings (SSSR count). The van der Waals surface area contributed by atoms with Crippen molar-refractivity contribution < 1.29 is 23.8 Å². The molecule has 0 spiro atoms. The summed E-state index contributed by atoms with van der Waals surface area (Å²) in [7, 11) is 3.09. The highest BCUT2D eigenvalue weighted by Crippen LogP contribution is 2.25. The molecule has 1 N–H and O–H groups in total. The number of para-hydroxylation sites is 1. The van der Waals surface area contributed by atoms with Gasteiger partial charge in [0.05, 0.1) is 19.8 Å². The summed E-state index contributed by atoms with van der Waals surface area (Å²) in [5, 5.41) is 2.97. The predicted molar refractivity (Wildman–Crippen MR) is 109 cm³/mol. The first-order chi connectivity index (χ1) is 14.1. The molecule has 0 bridgehead atoms. The summed E-state index contributed by atoms with van der Waals surface area (Å²) < 4.78 is 15.8. The molecule has 154 valence electrons. The van der Waals surface area contributed by atoms with E-state index in [4.69, 9.17) is 14.2 Å². The summed E-state index contributed by atoms with van der Waals surface area (Å²) in [6.45, 7) is 1.77. The third-order valence-electron chi connectivity index (χ3n) is 5.03. The number of benzene rings is 2. The van der Waals surface area contributed by atoms with E-state index in [0.29, 0.717) is 48.4 Å². The molecule has 0 radical (unpaired) electrons. The molecule has 0 unspecified atom stereocenters. The molecule has 29 heavy (non-hydrogen) atoms. The first-order valence-corrected chi connectivity index (χ1v) is 9.62. The number of methoxy groups -OCH3 is 2. The fourth-order valence-electron chi connectivity index (χ4n) is 3.29. The lowest BCUT2D eigenvalue weighted by Gasteiger charge is -2.31. The van der Waals surface area contributed by atoms with Gasteiger partial charge in [-0.25, -0.2) is 4.79 Å². The van der Waals surface area contributed by atoms with Crippen LogP contribution in [0.5, 0.6) is 17.2 Å². The van der Waals surface area contributed by atoms with E-state index in [-0.39, 0.29) is 12.0 Å². The number of carbonyl (C=O) groups is 2. The van der Waals surface area contributed by atoms with Gasteiger partial charge in [-0.2, -0.15) is 0 Å². The van der Waals surface area contributed by atoms with Crippen LogP contribution in [0.2, 0.25) is 0 Å². The Balaban J connectivity index is 1.46. The smallest absolute Gasteiger partial charge is 0.415 e. The van der Waals surface area contributed by atoms with Crippen LogP contribution in [0.4, 0.5) is 4.79 Å². The van der Waals surface area contributed by atoms with E-state index >= 15 is 0 Å². The van der Waals surface area contributed by atoms with E-state index < -0.39 is 0 Å². The zero-order chi connectivity index (χ0) is 20.6. The molecule has 2 amide bonds. The van der Waals surface area contributed by atoms with Crippen molar-refractivity contribution >= 4 is 12.0 Å². The molecular weight excluding hydrogens is 372 g/mol. The Morgan fingerprint density at radius 1 is 1.00 bits per heavy atom. The van der Waals surface area contributed by atoms with Crippen molar-refractivity contribution in [2.24, 2.45) is 5.92 Å². The number of ether oxygens (including phenoxy) is 3. The van der Waals surface area contributed by atoms with Crippen molar-refractivity contribution in [2.75, 3.05) is 33.9 Å². The molecule has 0 atom stereocenters. The van der Waals surface area contributed by atoms with Crippen LogP contribution in [0.3, 0.4) is 0 Å². The van der Waals surface area contributed by atoms with Gasteiger partial charge >= 0.3 is 6.09 Å². The lowest BCUT2D eigenvalue weighted by molar-refractivity contribution is 0.0928. The number of nitrogens with zero attached hydrogens (tertiary/aromatic N) is 1. The van der Waals surface area contributed by atoms with Crippen LogP contribution in [-0.4, -0.2) is 50.8 Å². The fraction of sp³-hybridized carbons (Fsp3) is 0.364. The molecule has 2 aromatic carbocycles. The maximum Gasteiger partial charge on any atom is 0.415 e. The lowest BCUT2D eigenvalue weighted by atomic mass is 9.97. The molecule has 1 aliphatic rings. The first-order valence-electron chi connectivity index (χ1n) is 9.62. The van der Waals surface area contributed by atoms with Gasteiger partial charge in [-0.1, -0.05) is 18.2 Å². The molecule has 7 nitrogen and oxygen atoms in total. The van der Waals surface area contributed by atoms with Gasteiger partial charge in [0.1, 0.15) is 17.2 Å². The highest BCUT2D eigenvalue weighted by Gasteiger charge is 2.25. The van der Waals surface area contributed by atoms with Gasteiger partial charge in [0.15, 0.2) is 0 Å². The molecule has 0 aliphatic carbocycles. The Morgan fingerprint density at radius 2 is 1.72 bits per heavy atom. The van der Waals surface area contributed by atoms with Crippen LogP contribution in [0, 0.1) is 5.92 Å². The van der Waals surface area contributed by atoms with Crippen LogP contribution in [0.25, 0.3) is 0 Å². The molecule has 0 aromatic heterocycles. The first kappa shape index (κ1) is 20.5.